The van der Waals surface area contributed by atoms with Crippen molar-refractivity contribution in [2.45, 2.75) is 59.2 Å². The predicted octanol–water partition coefficient (Wildman–Crippen LogP) is 1.80. The summed E-state index contributed by atoms with van der Waals surface area (Å²) in [7, 11) is 0. The Morgan fingerprint density at radius 2 is 1.81 bits per heavy atom. The molecular formula is C12H22N4. The Bertz CT molecular complexity index is 373. The molecule has 0 aromatic carbocycles. The van der Waals surface area contributed by atoms with Gasteiger partial charge in [0, 0.05) is 24.5 Å². The average Bonchev–Trinajstić information content (AvgIpc) is 2.58. The van der Waals surface area contributed by atoms with Gasteiger partial charge < -0.3 is 4.57 Å². The van der Waals surface area contributed by atoms with Crippen LogP contribution in [0.1, 0.15) is 46.3 Å². The molecule has 0 bridgehead atoms. The van der Waals surface area contributed by atoms with Gasteiger partial charge in [0.05, 0.1) is 6.54 Å². The third kappa shape index (κ3) is 1.98. The van der Waals surface area contributed by atoms with E-state index < -0.39 is 0 Å². The summed E-state index contributed by atoms with van der Waals surface area (Å²) in [5.74, 6) is 2.23. The number of rotatable bonds is 1. The Kier molecular flexibility index (Phi) is 2.78. The zero-order chi connectivity index (χ0) is 11.9. The number of nitrogens with zero attached hydrogens (tertiary/aromatic N) is 4. The number of aromatic nitrogens is 3. The van der Waals surface area contributed by atoms with Crippen LogP contribution in [0.4, 0.5) is 0 Å². The molecule has 4 heteroatoms. The van der Waals surface area contributed by atoms with Crippen molar-refractivity contribution >= 4 is 0 Å². The van der Waals surface area contributed by atoms with E-state index in [1.807, 2.05) is 0 Å². The lowest BCUT2D eigenvalue weighted by Crippen LogP contribution is -2.39. The van der Waals surface area contributed by atoms with Crippen LogP contribution in [0.3, 0.4) is 0 Å². The Labute approximate surface area is 97.7 Å². The molecule has 4 nitrogen and oxygen atoms in total. The van der Waals surface area contributed by atoms with E-state index in [-0.39, 0.29) is 5.41 Å². The van der Waals surface area contributed by atoms with E-state index in [2.05, 4.69) is 54.3 Å². The standard InChI is InChI=1S/C12H22N4/c1-9(2)15-6-7-16-10(8-15)13-14-11(16)12(3,4)5/h9H,6-8H2,1-5H3. The molecule has 2 heterocycles. The third-order valence-electron chi connectivity index (χ3n) is 3.18. The van der Waals surface area contributed by atoms with Gasteiger partial charge in [0.15, 0.2) is 0 Å². The summed E-state index contributed by atoms with van der Waals surface area (Å²) < 4.78 is 2.29. The maximum absolute atomic E-state index is 4.35. The van der Waals surface area contributed by atoms with E-state index in [1.54, 1.807) is 0 Å². The number of hydrogen-bond donors (Lipinski definition) is 0. The van der Waals surface area contributed by atoms with Crippen LogP contribution in [0.15, 0.2) is 0 Å². The van der Waals surface area contributed by atoms with Crippen molar-refractivity contribution in [1.29, 1.82) is 0 Å². The Hall–Kier alpha value is -0.900. The molecule has 16 heavy (non-hydrogen) atoms. The van der Waals surface area contributed by atoms with E-state index >= 15 is 0 Å². The molecule has 2 rings (SSSR count). The Balaban J connectivity index is 2.27. The van der Waals surface area contributed by atoms with Crippen LogP contribution < -0.4 is 0 Å². The van der Waals surface area contributed by atoms with Gasteiger partial charge >= 0.3 is 0 Å². The highest BCUT2D eigenvalue weighted by Crippen LogP contribution is 2.23. The fraction of sp³-hybridized carbons (Fsp3) is 0.833. The lowest BCUT2D eigenvalue weighted by Gasteiger charge is -2.32. The molecule has 90 valence electrons. The second-order valence-electron chi connectivity index (χ2n) is 5.91. The zero-order valence-corrected chi connectivity index (χ0v) is 11.0. The molecule has 0 N–H and O–H groups in total. The monoisotopic (exact) mass is 222 g/mol. The molecule has 0 unspecified atom stereocenters. The highest BCUT2D eigenvalue weighted by atomic mass is 15.3. The minimum atomic E-state index is 0.0885. The summed E-state index contributed by atoms with van der Waals surface area (Å²) >= 11 is 0. The molecular weight excluding hydrogens is 200 g/mol. The van der Waals surface area contributed by atoms with Crippen molar-refractivity contribution in [2.75, 3.05) is 6.54 Å². The summed E-state index contributed by atoms with van der Waals surface area (Å²) in [5, 5.41) is 8.68. The van der Waals surface area contributed by atoms with Gasteiger partial charge in [-0.05, 0) is 13.8 Å². The molecule has 1 aromatic heterocycles. The third-order valence-corrected chi connectivity index (χ3v) is 3.18. The number of fused-ring (bicyclic) bond motifs is 1. The highest BCUT2D eigenvalue weighted by molar-refractivity contribution is 5.07. The summed E-state index contributed by atoms with van der Waals surface area (Å²) in [6, 6.07) is 0.587. The lowest BCUT2D eigenvalue weighted by atomic mass is 9.95. The molecule has 0 radical (unpaired) electrons. The molecule has 0 aliphatic carbocycles. The second-order valence-corrected chi connectivity index (χ2v) is 5.91. The fourth-order valence-corrected chi connectivity index (χ4v) is 2.17. The van der Waals surface area contributed by atoms with Gasteiger partial charge in [-0.25, -0.2) is 0 Å². The van der Waals surface area contributed by atoms with Crippen LogP contribution in [-0.4, -0.2) is 32.3 Å². The first-order valence-electron chi connectivity index (χ1n) is 6.06. The van der Waals surface area contributed by atoms with Crippen LogP contribution in [0.5, 0.6) is 0 Å². The average molecular weight is 222 g/mol. The molecule has 1 aliphatic rings. The predicted molar refractivity (Wildman–Crippen MR) is 64.3 cm³/mol. The van der Waals surface area contributed by atoms with Crippen LogP contribution >= 0.6 is 0 Å². The van der Waals surface area contributed by atoms with E-state index in [9.17, 15) is 0 Å². The van der Waals surface area contributed by atoms with E-state index in [0.29, 0.717) is 6.04 Å². The molecule has 0 saturated heterocycles. The minimum Gasteiger partial charge on any atom is -0.312 e. The zero-order valence-electron chi connectivity index (χ0n) is 11.0. The van der Waals surface area contributed by atoms with E-state index in [4.69, 9.17) is 0 Å². The van der Waals surface area contributed by atoms with Crippen molar-refractivity contribution in [3.63, 3.8) is 0 Å². The smallest absolute Gasteiger partial charge is 0.147 e. The lowest BCUT2D eigenvalue weighted by molar-refractivity contribution is 0.170. The van der Waals surface area contributed by atoms with Crippen LogP contribution in [0.2, 0.25) is 0 Å². The fourth-order valence-electron chi connectivity index (χ4n) is 2.17. The first-order valence-corrected chi connectivity index (χ1v) is 6.06. The quantitative estimate of drug-likeness (QED) is 0.726. The van der Waals surface area contributed by atoms with Gasteiger partial charge in [-0.1, -0.05) is 20.8 Å². The highest BCUT2D eigenvalue weighted by Gasteiger charge is 2.27. The first kappa shape index (κ1) is 11.6. The van der Waals surface area contributed by atoms with Crippen LogP contribution in [-0.2, 0) is 18.5 Å². The maximum atomic E-state index is 4.35. The molecule has 0 saturated carbocycles. The molecule has 0 spiro atoms. The SMILES string of the molecule is CC(C)N1CCn2c(nnc2C(C)(C)C)C1. The summed E-state index contributed by atoms with van der Waals surface area (Å²) in [6.45, 7) is 14.1. The largest absolute Gasteiger partial charge is 0.312 e. The van der Waals surface area contributed by atoms with Gasteiger partial charge in [-0.3, -0.25) is 4.90 Å². The van der Waals surface area contributed by atoms with Crippen LogP contribution in [0.25, 0.3) is 0 Å². The minimum absolute atomic E-state index is 0.0885. The second kappa shape index (κ2) is 3.84. The summed E-state index contributed by atoms with van der Waals surface area (Å²) in [4.78, 5) is 2.44. The van der Waals surface area contributed by atoms with Gasteiger partial charge in [-0.2, -0.15) is 0 Å². The molecule has 0 atom stereocenters. The van der Waals surface area contributed by atoms with Gasteiger partial charge in [0.2, 0.25) is 0 Å². The van der Waals surface area contributed by atoms with Crippen molar-refractivity contribution in [1.82, 2.24) is 19.7 Å². The maximum Gasteiger partial charge on any atom is 0.147 e. The van der Waals surface area contributed by atoms with Crippen molar-refractivity contribution < 1.29 is 0 Å². The van der Waals surface area contributed by atoms with Gasteiger partial charge in [-0.15, -0.1) is 10.2 Å². The number of hydrogen-bond acceptors (Lipinski definition) is 3. The normalized spacial score (nSPS) is 17.9. The van der Waals surface area contributed by atoms with Crippen molar-refractivity contribution in [3.8, 4) is 0 Å². The Morgan fingerprint density at radius 3 is 2.38 bits per heavy atom. The van der Waals surface area contributed by atoms with Gasteiger partial charge in [0.1, 0.15) is 11.6 Å². The molecule has 1 aromatic rings. The van der Waals surface area contributed by atoms with Crippen molar-refractivity contribution in [2.24, 2.45) is 0 Å². The summed E-state index contributed by atoms with van der Waals surface area (Å²) in [5.41, 5.74) is 0.0885. The topological polar surface area (TPSA) is 34.0 Å². The summed E-state index contributed by atoms with van der Waals surface area (Å²) in [6.07, 6.45) is 0. The van der Waals surface area contributed by atoms with Gasteiger partial charge in [0.25, 0.3) is 0 Å². The first-order chi connectivity index (χ1) is 7.39. The molecule has 0 amide bonds. The van der Waals surface area contributed by atoms with E-state index in [1.165, 1.54) is 0 Å². The Morgan fingerprint density at radius 1 is 1.12 bits per heavy atom. The van der Waals surface area contributed by atoms with E-state index in [0.717, 1.165) is 31.3 Å². The molecule has 0 fully saturated rings. The molecule has 1 aliphatic heterocycles. The van der Waals surface area contributed by atoms with Crippen LogP contribution in [0, 0.1) is 0 Å². The van der Waals surface area contributed by atoms with Crippen molar-refractivity contribution in [3.05, 3.63) is 11.6 Å².